The summed E-state index contributed by atoms with van der Waals surface area (Å²) in [7, 11) is 0. The summed E-state index contributed by atoms with van der Waals surface area (Å²) in [6.07, 6.45) is 22.2. The van der Waals surface area contributed by atoms with Gasteiger partial charge in [0.2, 0.25) is 5.84 Å². The van der Waals surface area contributed by atoms with Crippen LogP contribution < -0.4 is 10.8 Å². The summed E-state index contributed by atoms with van der Waals surface area (Å²) in [5.74, 6) is -0.263. The molecule has 0 aromatic carbocycles. The second kappa shape index (κ2) is 13.7. The number of carboxylic acids is 1. The smallest absolute Gasteiger partial charge is 0.209 e. The molecule has 0 fully saturated rings. The van der Waals surface area contributed by atoms with E-state index in [2.05, 4.69) is 24.1 Å². The second-order valence-electron chi connectivity index (χ2n) is 7.67. The standard InChI is InChI=1S/C22H39N3O2/c1-3-4-5-6-7-8-9-10-11-12-13-14-15-16-21-24-17-18-25(21,20(2)23)19-22(26)27/h11-12,17-18,20H,3-10,13-16,19,23H2,1-2H3/b12-11+. The van der Waals surface area contributed by atoms with Crippen LogP contribution in [-0.4, -0.2) is 29.0 Å². The SMILES string of the molecule is CCCCCCCCC/C=C/CCCCC1=NC=C[N+]1(CC(=O)[O-])C(C)N. The maximum Gasteiger partial charge on any atom is 0.209 e. The number of unbranched alkanes of at least 4 members (excludes halogenated alkanes) is 9. The Kier molecular flexibility index (Phi) is 11.9. The van der Waals surface area contributed by atoms with Gasteiger partial charge in [-0.15, -0.1) is 0 Å². The molecule has 0 saturated heterocycles. The fourth-order valence-corrected chi connectivity index (χ4v) is 3.58. The number of aliphatic imine (C=N–C) groups is 1. The number of hydrogen-bond donors (Lipinski definition) is 1. The first-order chi connectivity index (χ1) is 13.0. The third-order valence-corrected chi connectivity index (χ3v) is 5.32. The van der Waals surface area contributed by atoms with Crippen molar-refractivity contribution in [2.24, 2.45) is 10.7 Å². The number of nitrogens with zero attached hydrogens (tertiary/aromatic N) is 2. The van der Waals surface area contributed by atoms with Crippen LogP contribution >= 0.6 is 0 Å². The van der Waals surface area contributed by atoms with Crippen molar-refractivity contribution >= 4 is 11.8 Å². The third-order valence-electron chi connectivity index (χ3n) is 5.32. The van der Waals surface area contributed by atoms with E-state index in [0.29, 0.717) is 0 Å². The van der Waals surface area contributed by atoms with Crippen molar-refractivity contribution in [2.75, 3.05) is 6.54 Å². The largest absolute Gasteiger partial charge is 0.544 e. The number of carboxylic acid groups (broad SMARTS) is 1. The molecular formula is C22H39N3O2. The van der Waals surface area contributed by atoms with Crippen LogP contribution in [0.1, 0.15) is 90.9 Å². The predicted molar refractivity (Wildman–Crippen MR) is 111 cm³/mol. The predicted octanol–water partition coefficient (Wildman–Crippen LogP) is 4.00. The van der Waals surface area contributed by atoms with Crippen LogP contribution in [0, 0.1) is 0 Å². The molecule has 5 heteroatoms. The zero-order valence-electron chi connectivity index (χ0n) is 17.4. The molecule has 2 N–H and O–H groups in total. The number of allylic oxidation sites excluding steroid dienone is 2. The van der Waals surface area contributed by atoms with Crippen molar-refractivity contribution in [1.82, 2.24) is 0 Å². The van der Waals surface area contributed by atoms with Crippen LogP contribution in [0.15, 0.2) is 29.5 Å². The molecule has 0 aromatic rings. The lowest BCUT2D eigenvalue weighted by atomic mass is 10.1. The number of rotatable bonds is 16. The molecule has 0 amide bonds. The monoisotopic (exact) mass is 377 g/mol. The van der Waals surface area contributed by atoms with E-state index in [9.17, 15) is 9.90 Å². The summed E-state index contributed by atoms with van der Waals surface area (Å²) in [6, 6.07) is 0. The Hall–Kier alpha value is -1.46. The van der Waals surface area contributed by atoms with Crippen molar-refractivity contribution in [3.05, 3.63) is 24.6 Å². The summed E-state index contributed by atoms with van der Waals surface area (Å²) in [5, 5.41) is 11.1. The van der Waals surface area contributed by atoms with E-state index in [-0.39, 0.29) is 17.2 Å². The van der Waals surface area contributed by atoms with Crippen LogP contribution in [0.25, 0.3) is 0 Å². The van der Waals surface area contributed by atoms with Gasteiger partial charge < -0.3 is 9.90 Å². The highest BCUT2D eigenvalue weighted by Gasteiger charge is 2.38. The Morgan fingerprint density at radius 1 is 1.11 bits per heavy atom. The Labute approximate surface area is 165 Å². The summed E-state index contributed by atoms with van der Waals surface area (Å²) in [4.78, 5) is 15.5. The van der Waals surface area contributed by atoms with Gasteiger partial charge in [-0.3, -0.25) is 5.73 Å². The summed E-state index contributed by atoms with van der Waals surface area (Å²) in [6.45, 7) is 3.93. The fraction of sp³-hybridized carbons (Fsp3) is 0.727. The van der Waals surface area contributed by atoms with Crippen LogP contribution in [0.3, 0.4) is 0 Å². The van der Waals surface area contributed by atoms with Crippen LogP contribution in [0.4, 0.5) is 0 Å². The van der Waals surface area contributed by atoms with Gasteiger partial charge >= 0.3 is 0 Å². The van der Waals surface area contributed by atoms with Crippen molar-refractivity contribution in [3.63, 3.8) is 0 Å². The topological polar surface area (TPSA) is 78.5 Å². The van der Waals surface area contributed by atoms with Gasteiger partial charge in [0.25, 0.3) is 0 Å². The first kappa shape index (κ1) is 23.6. The lowest BCUT2D eigenvalue weighted by Gasteiger charge is -2.36. The molecular weight excluding hydrogens is 338 g/mol. The van der Waals surface area contributed by atoms with E-state index in [1.165, 1.54) is 51.4 Å². The minimum Gasteiger partial charge on any atom is -0.544 e. The molecule has 0 spiro atoms. The molecule has 154 valence electrons. The first-order valence-corrected chi connectivity index (χ1v) is 10.8. The third kappa shape index (κ3) is 8.85. The minimum atomic E-state index is -1.10. The number of amidine groups is 1. The van der Waals surface area contributed by atoms with Gasteiger partial charge in [-0.2, -0.15) is 0 Å². The molecule has 2 unspecified atom stereocenters. The van der Waals surface area contributed by atoms with Crippen LogP contribution in [0.2, 0.25) is 0 Å². The van der Waals surface area contributed by atoms with E-state index < -0.39 is 5.97 Å². The van der Waals surface area contributed by atoms with E-state index >= 15 is 0 Å². The molecule has 0 bridgehead atoms. The number of hydrogen-bond acceptors (Lipinski definition) is 4. The second-order valence-corrected chi connectivity index (χ2v) is 7.67. The van der Waals surface area contributed by atoms with Gasteiger partial charge in [0.05, 0.1) is 12.2 Å². The highest BCUT2D eigenvalue weighted by Crippen LogP contribution is 2.23. The number of carbonyl (C=O) groups excluding carboxylic acids is 1. The van der Waals surface area contributed by atoms with Crippen LogP contribution in [0.5, 0.6) is 0 Å². The highest BCUT2D eigenvalue weighted by atomic mass is 16.4. The Morgan fingerprint density at radius 2 is 1.70 bits per heavy atom. The molecule has 0 aliphatic carbocycles. The highest BCUT2D eigenvalue weighted by molar-refractivity contribution is 5.81. The Morgan fingerprint density at radius 3 is 2.30 bits per heavy atom. The van der Waals surface area contributed by atoms with Crippen molar-refractivity contribution in [2.45, 2.75) is 97.1 Å². The summed E-state index contributed by atoms with van der Waals surface area (Å²) < 4.78 is 0.0937. The lowest BCUT2D eigenvalue weighted by molar-refractivity contribution is -0.808. The first-order valence-electron chi connectivity index (χ1n) is 10.8. The van der Waals surface area contributed by atoms with E-state index in [1.54, 1.807) is 12.4 Å². The van der Waals surface area contributed by atoms with Gasteiger partial charge in [-0.25, -0.2) is 9.48 Å². The lowest BCUT2D eigenvalue weighted by Crippen LogP contribution is -2.60. The quantitative estimate of drug-likeness (QED) is 0.251. The number of carbonyl (C=O) groups is 1. The van der Waals surface area contributed by atoms with Crippen molar-refractivity contribution < 1.29 is 14.4 Å². The molecule has 1 aliphatic heterocycles. The van der Waals surface area contributed by atoms with E-state index in [1.807, 2.05) is 6.92 Å². The average molecular weight is 378 g/mol. The molecule has 2 atom stereocenters. The fourth-order valence-electron chi connectivity index (χ4n) is 3.58. The molecule has 1 aliphatic rings. The van der Waals surface area contributed by atoms with Gasteiger partial charge in [0.15, 0.2) is 0 Å². The maximum atomic E-state index is 11.1. The van der Waals surface area contributed by atoms with E-state index in [0.717, 1.165) is 31.5 Å². The average Bonchev–Trinajstić information content (AvgIpc) is 3.02. The van der Waals surface area contributed by atoms with Crippen molar-refractivity contribution in [1.29, 1.82) is 0 Å². The maximum absolute atomic E-state index is 11.1. The number of quaternary nitrogens is 1. The van der Waals surface area contributed by atoms with Gasteiger partial charge in [-0.05, 0) is 32.1 Å². The Balaban J connectivity index is 2.14. The summed E-state index contributed by atoms with van der Waals surface area (Å²) >= 11 is 0. The Bertz CT molecular complexity index is 512. The normalized spacial score (nSPS) is 20.3. The molecule has 0 saturated carbocycles. The van der Waals surface area contributed by atoms with Gasteiger partial charge in [0, 0.05) is 13.3 Å². The molecule has 0 radical (unpaired) electrons. The minimum absolute atomic E-state index is 0.0937. The van der Waals surface area contributed by atoms with Gasteiger partial charge in [-0.1, -0.05) is 57.6 Å². The molecule has 27 heavy (non-hydrogen) atoms. The number of aliphatic carboxylic acids is 1. The van der Waals surface area contributed by atoms with Crippen molar-refractivity contribution in [3.8, 4) is 0 Å². The molecule has 1 rings (SSSR count). The molecule has 0 aromatic heterocycles. The van der Waals surface area contributed by atoms with Gasteiger partial charge in [0.1, 0.15) is 18.9 Å². The summed E-state index contributed by atoms with van der Waals surface area (Å²) in [5.41, 5.74) is 6.05. The molecule has 1 heterocycles. The number of nitrogens with two attached hydrogens (primary N) is 1. The van der Waals surface area contributed by atoms with E-state index in [4.69, 9.17) is 5.73 Å². The zero-order valence-corrected chi connectivity index (χ0v) is 17.4. The molecule has 5 nitrogen and oxygen atoms in total. The van der Waals surface area contributed by atoms with Crippen LogP contribution in [-0.2, 0) is 4.79 Å². The zero-order chi connectivity index (χ0) is 20.0.